The molecular weight excluding hydrogens is 533 g/mol. The molecule has 1 amide bonds. The third kappa shape index (κ3) is 7.93. The van der Waals surface area contributed by atoms with E-state index in [-0.39, 0.29) is 42.8 Å². The Morgan fingerprint density at radius 3 is 2.61 bits per heavy atom. The van der Waals surface area contributed by atoms with Gasteiger partial charge in [-0.1, -0.05) is 62.9 Å². The van der Waals surface area contributed by atoms with E-state index >= 15 is 0 Å². The quantitative estimate of drug-likeness (QED) is 0.169. The zero-order valence-corrected chi connectivity index (χ0v) is 23.3. The Morgan fingerprint density at radius 2 is 1.95 bits per heavy atom. The molecule has 1 aromatic heterocycles. The summed E-state index contributed by atoms with van der Waals surface area (Å²) in [5.41, 5.74) is 3.87. The van der Waals surface area contributed by atoms with Crippen LogP contribution in [0.25, 0.3) is 0 Å². The summed E-state index contributed by atoms with van der Waals surface area (Å²) in [5, 5.41) is 24.8. The molecule has 1 saturated heterocycles. The minimum Gasteiger partial charge on any atom is -0.381 e. The van der Waals surface area contributed by atoms with Crippen molar-refractivity contribution in [1.29, 1.82) is 0 Å². The van der Waals surface area contributed by atoms with E-state index in [4.69, 9.17) is 19.5 Å². The van der Waals surface area contributed by atoms with Gasteiger partial charge in [0.25, 0.3) is 5.91 Å². The summed E-state index contributed by atoms with van der Waals surface area (Å²) in [5.74, 6) is -0.424. The Hall–Kier alpha value is -2.15. The topological polar surface area (TPSA) is 161 Å². The summed E-state index contributed by atoms with van der Waals surface area (Å²) in [6.45, 7) is 4.91. The molecule has 0 saturated carbocycles. The van der Waals surface area contributed by atoms with Crippen LogP contribution in [0.4, 0.5) is 0 Å². The third-order valence-electron chi connectivity index (χ3n) is 5.79. The molecule has 0 spiro atoms. The number of ether oxygens (including phenoxy) is 1. The summed E-state index contributed by atoms with van der Waals surface area (Å²) in [6, 6.07) is 12.2. The Bertz CT molecular complexity index is 1160. The number of nitrogens with one attached hydrogen (secondary N) is 1. The van der Waals surface area contributed by atoms with Crippen molar-refractivity contribution in [2.75, 3.05) is 25.6 Å². The molecular formula is C25H35N3O8PS+. The summed E-state index contributed by atoms with van der Waals surface area (Å²) in [4.78, 5) is 23.7. The first kappa shape index (κ1) is 30.4. The summed E-state index contributed by atoms with van der Waals surface area (Å²) < 4.78 is 31.6. The predicted molar refractivity (Wildman–Crippen MR) is 141 cm³/mol. The monoisotopic (exact) mass is 568 g/mol. The minimum absolute atomic E-state index is 0.0197. The van der Waals surface area contributed by atoms with Crippen LogP contribution in [0, 0.1) is 5.41 Å². The maximum atomic E-state index is 13.5. The van der Waals surface area contributed by atoms with Crippen LogP contribution in [0.2, 0.25) is 0 Å². The Labute approximate surface area is 226 Å². The van der Waals surface area contributed by atoms with E-state index in [2.05, 4.69) is 5.09 Å². The molecule has 0 radical (unpaired) electrons. The molecule has 2 aromatic rings. The first-order valence-corrected chi connectivity index (χ1v) is 14.6. The number of hydrogen-bond donors (Lipinski definition) is 4. The van der Waals surface area contributed by atoms with E-state index in [0.717, 1.165) is 17.3 Å². The molecule has 3 rings (SSSR count). The number of amides is 1. The van der Waals surface area contributed by atoms with Gasteiger partial charge in [0.1, 0.15) is 18.3 Å². The van der Waals surface area contributed by atoms with Gasteiger partial charge in [0, 0.05) is 23.8 Å². The van der Waals surface area contributed by atoms with Crippen molar-refractivity contribution in [2.24, 2.45) is 11.1 Å². The number of benzene rings is 1. The summed E-state index contributed by atoms with van der Waals surface area (Å²) >= 11 is 1.08. The number of nitrogens with two attached hydrogens (primary N) is 1. The number of hydrogen-bond acceptors (Lipinski definition) is 9. The Kier molecular flexibility index (Phi) is 10.2. The van der Waals surface area contributed by atoms with Gasteiger partial charge in [-0.05, 0) is 11.6 Å². The fourth-order valence-electron chi connectivity index (χ4n) is 3.52. The number of aliphatic hydroxyl groups is 2. The molecule has 38 heavy (non-hydrogen) atoms. The van der Waals surface area contributed by atoms with Crippen LogP contribution in [0.1, 0.15) is 36.7 Å². The molecule has 2 heterocycles. The second kappa shape index (κ2) is 12.8. The predicted octanol–water partition coefficient (Wildman–Crippen LogP) is 1.71. The van der Waals surface area contributed by atoms with E-state index in [9.17, 15) is 24.4 Å². The zero-order chi connectivity index (χ0) is 28.0. The van der Waals surface area contributed by atoms with Gasteiger partial charge < -0.3 is 20.7 Å². The molecule has 5 N–H and O–H groups in total. The molecule has 0 bridgehead atoms. The zero-order valence-electron chi connectivity index (χ0n) is 21.6. The van der Waals surface area contributed by atoms with Crippen molar-refractivity contribution in [1.82, 2.24) is 5.09 Å². The van der Waals surface area contributed by atoms with E-state index in [1.54, 1.807) is 0 Å². The number of carbonyl (C=O) groups is 2. The van der Waals surface area contributed by atoms with Gasteiger partial charge >= 0.3 is 13.5 Å². The van der Waals surface area contributed by atoms with E-state index in [0.29, 0.717) is 0 Å². The number of carbonyl (C=O) groups excluding carboxylic acids is 2. The van der Waals surface area contributed by atoms with Crippen molar-refractivity contribution < 1.29 is 42.7 Å². The van der Waals surface area contributed by atoms with Crippen molar-refractivity contribution in [3.05, 3.63) is 66.0 Å². The standard InChI is InChI=1S/C25H34N3O8PS/c1-24(2,3)23(31)38-13-12-35-37(33,27-14-18-8-5-4-6-9-18)36-16-20-21(29)25(32,17-34-20)28-11-7-10-19(15-28)22(26)30/h4-11,15,20-21,29,32H,12-14,16-17H2,1-3H3,(H2-,26,27,30,33)/p+1. The highest BCUT2D eigenvalue weighted by Crippen LogP contribution is 2.45. The highest BCUT2D eigenvalue weighted by atomic mass is 32.2. The lowest BCUT2D eigenvalue weighted by molar-refractivity contribution is -0.811. The van der Waals surface area contributed by atoms with Gasteiger partial charge in [0.15, 0.2) is 23.6 Å². The Morgan fingerprint density at radius 1 is 1.24 bits per heavy atom. The van der Waals surface area contributed by atoms with Crippen LogP contribution in [-0.4, -0.2) is 59.0 Å². The molecule has 1 aliphatic heterocycles. The average Bonchev–Trinajstić information content (AvgIpc) is 3.18. The molecule has 1 aliphatic rings. The lowest BCUT2D eigenvalue weighted by atomic mass is 10.00. The maximum absolute atomic E-state index is 13.5. The van der Waals surface area contributed by atoms with Crippen LogP contribution in [-0.2, 0) is 35.4 Å². The molecule has 0 aliphatic carbocycles. The van der Waals surface area contributed by atoms with Gasteiger partial charge in [-0.2, -0.15) is 4.57 Å². The number of aliphatic hydroxyl groups excluding tert-OH is 1. The largest absolute Gasteiger partial charge is 0.405 e. The van der Waals surface area contributed by atoms with Crippen molar-refractivity contribution in [3.63, 3.8) is 0 Å². The van der Waals surface area contributed by atoms with Crippen LogP contribution in [0.3, 0.4) is 0 Å². The van der Waals surface area contributed by atoms with Crippen LogP contribution in [0.5, 0.6) is 0 Å². The molecule has 1 fully saturated rings. The minimum atomic E-state index is -3.91. The summed E-state index contributed by atoms with van der Waals surface area (Å²) in [6.07, 6.45) is 0.230. The molecule has 4 atom stereocenters. The van der Waals surface area contributed by atoms with Crippen LogP contribution in [0.15, 0.2) is 54.9 Å². The molecule has 1 aromatic carbocycles. The number of aromatic nitrogens is 1. The van der Waals surface area contributed by atoms with Crippen LogP contribution < -0.4 is 15.4 Å². The van der Waals surface area contributed by atoms with Gasteiger partial charge in [-0.25, -0.2) is 9.65 Å². The fraction of sp³-hybridized carbons (Fsp3) is 0.480. The fourth-order valence-corrected chi connectivity index (χ4v) is 5.74. The average molecular weight is 569 g/mol. The van der Waals surface area contributed by atoms with Gasteiger partial charge in [-0.3, -0.25) is 18.6 Å². The first-order valence-electron chi connectivity index (χ1n) is 12.0. The van der Waals surface area contributed by atoms with Crippen LogP contribution >= 0.6 is 19.5 Å². The number of rotatable bonds is 12. The molecule has 13 heteroatoms. The third-order valence-corrected chi connectivity index (χ3v) is 8.59. The summed E-state index contributed by atoms with van der Waals surface area (Å²) in [7, 11) is -3.91. The van der Waals surface area contributed by atoms with Crippen molar-refractivity contribution in [3.8, 4) is 0 Å². The SMILES string of the molecule is CC(C)(C)C(=O)SCCOP(=O)(NCc1ccccc1)OCC1OCC(O)([n+]2cccc(C(N)=O)c2)C1O. The highest BCUT2D eigenvalue weighted by Gasteiger charge is 2.56. The number of pyridine rings is 1. The number of nitrogens with zero attached hydrogens (tertiary/aromatic N) is 1. The lowest BCUT2D eigenvalue weighted by Crippen LogP contribution is -2.64. The maximum Gasteiger partial charge on any atom is 0.405 e. The Balaban J connectivity index is 1.65. The lowest BCUT2D eigenvalue weighted by Gasteiger charge is -2.24. The first-order chi connectivity index (χ1) is 17.8. The van der Waals surface area contributed by atoms with E-state index in [1.165, 1.54) is 29.1 Å². The van der Waals surface area contributed by atoms with Crippen molar-refractivity contribution >= 4 is 30.5 Å². The van der Waals surface area contributed by atoms with E-state index in [1.807, 2.05) is 51.1 Å². The van der Waals surface area contributed by atoms with Gasteiger partial charge in [0.2, 0.25) is 0 Å². The highest BCUT2D eigenvalue weighted by molar-refractivity contribution is 8.13. The molecule has 11 nitrogen and oxygen atoms in total. The number of primary amides is 1. The molecule has 4 unspecified atom stereocenters. The number of thioether (sulfide) groups is 1. The second-order valence-electron chi connectivity index (χ2n) is 9.87. The van der Waals surface area contributed by atoms with E-state index < -0.39 is 37.0 Å². The smallest absolute Gasteiger partial charge is 0.381 e. The molecule has 208 valence electrons. The normalized spacial score (nSPS) is 23.2. The van der Waals surface area contributed by atoms with Gasteiger partial charge in [0.05, 0.1) is 13.2 Å². The second-order valence-corrected chi connectivity index (χ2v) is 12.8. The van der Waals surface area contributed by atoms with Crippen molar-refractivity contribution in [2.45, 2.75) is 45.2 Å². The van der Waals surface area contributed by atoms with Gasteiger partial charge in [-0.15, -0.1) is 0 Å².